The molecule has 2 aromatic carbocycles. The van der Waals surface area contributed by atoms with Crippen LogP contribution in [0.2, 0.25) is 10.0 Å². The van der Waals surface area contributed by atoms with Crippen molar-refractivity contribution in [1.29, 1.82) is 0 Å². The molecule has 5 nitrogen and oxygen atoms in total. The Bertz CT molecular complexity index is 816. The van der Waals surface area contributed by atoms with E-state index in [1.807, 2.05) is 32.0 Å². The van der Waals surface area contributed by atoms with Gasteiger partial charge < -0.3 is 15.8 Å². The van der Waals surface area contributed by atoms with Crippen molar-refractivity contribution in [2.45, 2.75) is 26.7 Å². The number of nitrogens with one attached hydrogen (secondary N) is 1. The third-order valence-electron chi connectivity index (χ3n) is 3.91. The Hall–Kier alpha value is -2.24. The van der Waals surface area contributed by atoms with Crippen LogP contribution in [0.15, 0.2) is 30.3 Å². The van der Waals surface area contributed by atoms with Crippen molar-refractivity contribution in [2.75, 3.05) is 17.7 Å². The second-order valence-electron chi connectivity index (χ2n) is 5.63. The zero-order chi connectivity index (χ0) is 19.3. The monoisotopic (exact) mass is 394 g/mol. The summed E-state index contributed by atoms with van der Waals surface area (Å²) >= 11 is 11.8. The number of esters is 1. The molecule has 0 fully saturated rings. The van der Waals surface area contributed by atoms with E-state index in [-0.39, 0.29) is 21.3 Å². The molecule has 0 aliphatic heterocycles. The summed E-state index contributed by atoms with van der Waals surface area (Å²) in [6.45, 7) is 3.58. The van der Waals surface area contributed by atoms with E-state index in [1.165, 1.54) is 12.1 Å². The quantitative estimate of drug-likeness (QED) is 0.558. The van der Waals surface area contributed by atoms with Gasteiger partial charge in [-0.25, -0.2) is 4.79 Å². The first-order valence-electron chi connectivity index (χ1n) is 8.19. The van der Waals surface area contributed by atoms with Crippen LogP contribution in [-0.4, -0.2) is 18.5 Å². The molecule has 7 heteroatoms. The van der Waals surface area contributed by atoms with Crippen molar-refractivity contribution in [3.63, 3.8) is 0 Å². The summed E-state index contributed by atoms with van der Waals surface area (Å²) < 4.78 is 5.05. The number of nitrogens with two attached hydrogens (primary N) is 1. The van der Waals surface area contributed by atoms with Gasteiger partial charge in [0.1, 0.15) is 0 Å². The molecule has 0 aliphatic carbocycles. The highest BCUT2D eigenvalue weighted by Crippen LogP contribution is 2.28. The van der Waals surface area contributed by atoms with Crippen molar-refractivity contribution < 1.29 is 14.3 Å². The lowest BCUT2D eigenvalue weighted by molar-refractivity contribution is -0.119. The number of benzene rings is 2. The van der Waals surface area contributed by atoms with E-state index in [0.717, 1.165) is 29.7 Å². The molecular weight excluding hydrogens is 375 g/mol. The average Bonchev–Trinajstić information content (AvgIpc) is 2.62. The Labute approximate surface area is 162 Å². The van der Waals surface area contributed by atoms with Gasteiger partial charge in [0.2, 0.25) is 0 Å². The lowest BCUT2D eigenvalue weighted by atomic mass is 10.0. The third-order valence-corrected chi connectivity index (χ3v) is 4.44. The highest BCUT2D eigenvalue weighted by molar-refractivity contribution is 6.37. The molecule has 2 rings (SSSR count). The molecule has 0 saturated carbocycles. The van der Waals surface area contributed by atoms with Crippen molar-refractivity contribution in [3.05, 3.63) is 57.1 Å². The van der Waals surface area contributed by atoms with E-state index >= 15 is 0 Å². The predicted molar refractivity (Wildman–Crippen MR) is 105 cm³/mol. The number of amides is 1. The zero-order valence-corrected chi connectivity index (χ0v) is 16.1. The molecule has 0 heterocycles. The van der Waals surface area contributed by atoms with Crippen LogP contribution in [0.4, 0.5) is 11.4 Å². The van der Waals surface area contributed by atoms with E-state index in [4.69, 9.17) is 33.7 Å². The number of hydrogen-bond acceptors (Lipinski definition) is 4. The van der Waals surface area contributed by atoms with Gasteiger partial charge in [0.05, 0.1) is 16.3 Å². The van der Waals surface area contributed by atoms with Crippen molar-refractivity contribution in [3.8, 4) is 0 Å². The minimum atomic E-state index is -0.762. The number of halogens is 2. The Morgan fingerprint density at radius 3 is 2.31 bits per heavy atom. The molecule has 0 spiro atoms. The van der Waals surface area contributed by atoms with Gasteiger partial charge in [-0.3, -0.25) is 4.79 Å². The maximum atomic E-state index is 12.2. The first-order chi connectivity index (χ1) is 12.4. The summed E-state index contributed by atoms with van der Waals surface area (Å²) in [6.07, 6.45) is 1.56. The van der Waals surface area contributed by atoms with Crippen LogP contribution < -0.4 is 11.1 Å². The second kappa shape index (κ2) is 8.92. The summed E-state index contributed by atoms with van der Waals surface area (Å²) in [5.74, 6) is -1.19. The number of carbonyl (C=O) groups excluding carboxylic acids is 2. The molecule has 0 atom stereocenters. The number of hydrogen-bond donors (Lipinski definition) is 2. The summed E-state index contributed by atoms with van der Waals surface area (Å²) in [7, 11) is 0. The van der Waals surface area contributed by atoms with Gasteiger partial charge in [-0.2, -0.15) is 0 Å². The van der Waals surface area contributed by atoms with Gasteiger partial charge in [0.15, 0.2) is 6.61 Å². The van der Waals surface area contributed by atoms with Crippen LogP contribution in [0, 0.1) is 0 Å². The fraction of sp³-hybridized carbons (Fsp3) is 0.263. The average molecular weight is 395 g/mol. The van der Waals surface area contributed by atoms with Gasteiger partial charge >= 0.3 is 5.97 Å². The molecule has 0 unspecified atom stereocenters. The highest BCUT2D eigenvalue weighted by Gasteiger charge is 2.17. The minimum Gasteiger partial charge on any atom is -0.452 e. The lowest BCUT2D eigenvalue weighted by Gasteiger charge is -2.14. The van der Waals surface area contributed by atoms with Crippen LogP contribution in [-0.2, 0) is 22.4 Å². The third kappa shape index (κ3) is 4.68. The Morgan fingerprint density at radius 2 is 1.73 bits per heavy atom. The minimum absolute atomic E-state index is 0.0264. The van der Waals surface area contributed by atoms with Crippen molar-refractivity contribution in [2.24, 2.45) is 0 Å². The number of anilines is 2. The fourth-order valence-corrected chi connectivity index (χ4v) is 3.03. The molecule has 0 saturated heterocycles. The molecule has 2 aromatic rings. The molecule has 138 valence electrons. The normalized spacial score (nSPS) is 10.5. The number of ether oxygens (including phenoxy) is 1. The highest BCUT2D eigenvalue weighted by atomic mass is 35.5. The number of para-hydroxylation sites is 1. The van der Waals surface area contributed by atoms with Gasteiger partial charge in [0, 0.05) is 10.7 Å². The summed E-state index contributed by atoms with van der Waals surface area (Å²) in [6, 6.07) is 8.64. The van der Waals surface area contributed by atoms with Crippen molar-refractivity contribution in [1.82, 2.24) is 0 Å². The topological polar surface area (TPSA) is 81.4 Å². The van der Waals surface area contributed by atoms with Gasteiger partial charge in [-0.1, -0.05) is 55.2 Å². The first kappa shape index (κ1) is 20.1. The molecule has 0 aromatic heterocycles. The van der Waals surface area contributed by atoms with E-state index in [2.05, 4.69) is 5.32 Å². The summed E-state index contributed by atoms with van der Waals surface area (Å²) in [5, 5.41) is 3.23. The molecule has 1 amide bonds. The van der Waals surface area contributed by atoms with Crippen molar-refractivity contribution >= 4 is 46.5 Å². The SMILES string of the molecule is CCc1cccc(CC)c1NC(=O)COC(=O)c1cc(Cl)cc(Cl)c1N. The van der Waals surface area contributed by atoms with Gasteiger partial charge in [0.25, 0.3) is 5.91 Å². The number of rotatable bonds is 6. The molecule has 3 N–H and O–H groups in total. The summed E-state index contributed by atoms with van der Waals surface area (Å²) in [4.78, 5) is 24.4. The van der Waals surface area contributed by atoms with E-state index < -0.39 is 18.5 Å². The first-order valence-corrected chi connectivity index (χ1v) is 8.95. The molecule has 0 aliphatic rings. The summed E-state index contributed by atoms with van der Waals surface area (Å²) in [5.41, 5.74) is 8.67. The zero-order valence-electron chi connectivity index (χ0n) is 14.6. The molecule has 0 radical (unpaired) electrons. The molecule has 0 bridgehead atoms. The Kier molecular flexibility index (Phi) is 6.89. The van der Waals surface area contributed by atoms with Crippen LogP contribution >= 0.6 is 23.2 Å². The smallest absolute Gasteiger partial charge is 0.340 e. The van der Waals surface area contributed by atoms with Crippen LogP contribution in [0.5, 0.6) is 0 Å². The van der Waals surface area contributed by atoms with E-state index in [1.54, 1.807) is 0 Å². The Balaban J connectivity index is 2.07. The number of aryl methyl sites for hydroxylation is 2. The van der Waals surface area contributed by atoms with Crippen LogP contribution in [0.25, 0.3) is 0 Å². The maximum Gasteiger partial charge on any atom is 0.340 e. The largest absolute Gasteiger partial charge is 0.452 e. The Morgan fingerprint density at radius 1 is 1.12 bits per heavy atom. The molecule has 26 heavy (non-hydrogen) atoms. The number of nitrogen functional groups attached to an aromatic ring is 1. The van der Waals surface area contributed by atoms with Crippen LogP contribution in [0.3, 0.4) is 0 Å². The lowest BCUT2D eigenvalue weighted by Crippen LogP contribution is -2.22. The maximum absolute atomic E-state index is 12.2. The number of carbonyl (C=O) groups is 2. The van der Waals surface area contributed by atoms with E-state index in [0.29, 0.717) is 0 Å². The standard InChI is InChI=1S/C19H20Cl2N2O3/c1-3-11-6-5-7-12(4-2)18(11)23-16(24)10-26-19(25)14-8-13(20)9-15(21)17(14)22/h5-9H,3-4,10,22H2,1-2H3,(H,23,24). The van der Waals surface area contributed by atoms with Gasteiger partial charge in [-0.05, 0) is 36.1 Å². The van der Waals surface area contributed by atoms with Gasteiger partial charge in [-0.15, -0.1) is 0 Å². The fourth-order valence-electron chi connectivity index (χ4n) is 2.54. The molecular formula is C19H20Cl2N2O3. The van der Waals surface area contributed by atoms with Crippen LogP contribution in [0.1, 0.15) is 35.3 Å². The second-order valence-corrected chi connectivity index (χ2v) is 6.48. The predicted octanol–water partition coefficient (Wildman–Crippen LogP) is 4.50. The van der Waals surface area contributed by atoms with E-state index in [9.17, 15) is 9.59 Å².